The van der Waals surface area contributed by atoms with E-state index < -0.39 is 0 Å². The Morgan fingerprint density at radius 3 is 2.44 bits per heavy atom. The SMILES string of the molecule is CCCC#CC#CCO. The van der Waals surface area contributed by atoms with Crippen LogP contribution in [0.2, 0.25) is 0 Å². The zero-order chi connectivity index (χ0) is 6.95. The molecule has 0 aromatic carbocycles. The first kappa shape index (κ1) is 8.08. The Balaban J connectivity index is 3.36. The summed E-state index contributed by atoms with van der Waals surface area (Å²) in [5.74, 6) is 10.4. The summed E-state index contributed by atoms with van der Waals surface area (Å²) in [4.78, 5) is 0. The van der Waals surface area contributed by atoms with Crippen molar-refractivity contribution in [3.8, 4) is 23.7 Å². The lowest BCUT2D eigenvalue weighted by molar-refractivity contribution is 0.350. The molecule has 0 atom stereocenters. The number of rotatable bonds is 1. The van der Waals surface area contributed by atoms with Gasteiger partial charge in [-0.15, -0.1) is 0 Å². The molecule has 0 heterocycles. The van der Waals surface area contributed by atoms with Gasteiger partial charge in [0, 0.05) is 6.42 Å². The van der Waals surface area contributed by atoms with Gasteiger partial charge in [-0.3, -0.25) is 0 Å². The molecule has 0 spiro atoms. The van der Waals surface area contributed by atoms with Crippen molar-refractivity contribution in [1.29, 1.82) is 0 Å². The van der Waals surface area contributed by atoms with Crippen LogP contribution < -0.4 is 0 Å². The molecular weight excluding hydrogens is 112 g/mol. The fourth-order valence-corrected chi connectivity index (χ4v) is 0.315. The molecule has 48 valence electrons. The van der Waals surface area contributed by atoms with Crippen molar-refractivity contribution in [1.82, 2.24) is 0 Å². The maximum atomic E-state index is 8.18. The molecule has 0 aliphatic rings. The summed E-state index contributed by atoms with van der Waals surface area (Å²) >= 11 is 0. The van der Waals surface area contributed by atoms with Crippen LogP contribution in [0.3, 0.4) is 0 Å². The van der Waals surface area contributed by atoms with Crippen LogP contribution in [0.4, 0.5) is 0 Å². The lowest BCUT2D eigenvalue weighted by Gasteiger charge is -1.72. The highest BCUT2D eigenvalue weighted by molar-refractivity contribution is 5.25. The zero-order valence-electron chi connectivity index (χ0n) is 5.57. The van der Waals surface area contributed by atoms with Crippen LogP contribution >= 0.6 is 0 Å². The van der Waals surface area contributed by atoms with E-state index in [1.165, 1.54) is 0 Å². The van der Waals surface area contributed by atoms with E-state index in [9.17, 15) is 0 Å². The van der Waals surface area contributed by atoms with Crippen LogP contribution in [0.15, 0.2) is 0 Å². The Labute approximate surface area is 56.1 Å². The average Bonchev–Trinajstić information content (AvgIpc) is 1.89. The van der Waals surface area contributed by atoms with E-state index in [1.807, 2.05) is 0 Å². The molecule has 1 nitrogen and oxygen atoms in total. The first-order chi connectivity index (χ1) is 4.41. The maximum absolute atomic E-state index is 8.18. The van der Waals surface area contributed by atoms with E-state index in [1.54, 1.807) is 0 Å². The molecule has 0 saturated carbocycles. The van der Waals surface area contributed by atoms with Crippen LogP contribution in [-0.4, -0.2) is 11.7 Å². The summed E-state index contributed by atoms with van der Waals surface area (Å²) < 4.78 is 0. The van der Waals surface area contributed by atoms with Crippen molar-refractivity contribution >= 4 is 0 Å². The highest BCUT2D eigenvalue weighted by Gasteiger charge is 1.65. The minimum absolute atomic E-state index is 0.0964. The normalized spacial score (nSPS) is 6.44. The minimum Gasteiger partial charge on any atom is -0.384 e. The molecule has 0 aromatic heterocycles. The maximum Gasteiger partial charge on any atom is 0.105 e. The van der Waals surface area contributed by atoms with Gasteiger partial charge >= 0.3 is 0 Å². The van der Waals surface area contributed by atoms with Gasteiger partial charge in [-0.2, -0.15) is 0 Å². The largest absolute Gasteiger partial charge is 0.384 e. The molecular formula is C8H10O. The molecule has 0 amide bonds. The third-order valence-corrected chi connectivity index (χ3v) is 0.693. The molecule has 0 fully saturated rings. The Morgan fingerprint density at radius 2 is 1.89 bits per heavy atom. The fraction of sp³-hybridized carbons (Fsp3) is 0.500. The monoisotopic (exact) mass is 122 g/mol. The van der Waals surface area contributed by atoms with Gasteiger partial charge in [-0.1, -0.05) is 18.8 Å². The number of hydrogen-bond donors (Lipinski definition) is 1. The summed E-state index contributed by atoms with van der Waals surface area (Å²) in [5, 5.41) is 8.18. The smallest absolute Gasteiger partial charge is 0.105 e. The van der Waals surface area contributed by atoms with E-state index in [0.29, 0.717) is 0 Å². The lowest BCUT2D eigenvalue weighted by atomic mass is 10.3. The number of hydrogen-bond acceptors (Lipinski definition) is 1. The van der Waals surface area contributed by atoms with E-state index in [0.717, 1.165) is 12.8 Å². The summed E-state index contributed by atoms with van der Waals surface area (Å²) in [7, 11) is 0. The van der Waals surface area contributed by atoms with E-state index >= 15 is 0 Å². The standard InChI is InChI=1S/C8H10O/c1-2-3-4-5-6-7-8-9/h9H,2-3,8H2,1H3. The second-order valence-electron chi connectivity index (χ2n) is 1.51. The molecule has 0 aliphatic heterocycles. The van der Waals surface area contributed by atoms with Gasteiger partial charge in [0.25, 0.3) is 0 Å². The topological polar surface area (TPSA) is 20.2 Å². The van der Waals surface area contributed by atoms with Crippen LogP contribution in [0.1, 0.15) is 19.8 Å². The predicted octanol–water partition coefficient (Wildman–Crippen LogP) is 0.786. The Bertz CT molecular complexity index is 160. The molecule has 0 bridgehead atoms. The zero-order valence-corrected chi connectivity index (χ0v) is 5.57. The second kappa shape index (κ2) is 7.08. The van der Waals surface area contributed by atoms with Gasteiger partial charge in [-0.05, 0) is 18.3 Å². The summed E-state index contributed by atoms with van der Waals surface area (Å²) in [6.45, 7) is 1.97. The van der Waals surface area contributed by atoms with Gasteiger partial charge in [0.05, 0.1) is 0 Å². The summed E-state index contributed by atoms with van der Waals surface area (Å²) in [6, 6.07) is 0. The number of aliphatic hydroxyl groups excluding tert-OH is 1. The van der Waals surface area contributed by atoms with E-state index in [-0.39, 0.29) is 6.61 Å². The Hall–Kier alpha value is -0.920. The molecule has 1 heteroatoms. The highest BCUT2D eigenvalue weighted by atomic mass is 16.2. The summed E-state index contributed by atoms with van der Waals surface area (Å²) in [6.07, 6.45) is 1.95. The first-order valence-electron chi connectivity index (χ1n) is 2.98. The molecule has 1 N–H and O–H groups in total. The molecule has 0 saturated heterocycles. The first-order valence-corrected chi connectivity index (χ1v) is 2.98. The van der Waals surface area contributed by atoms with Crippen molar-refractivity contribution in [3.63, 3.8) is 0 Å². The third-order valence-electron chi connectivity index (χ3n) is 0.693. The minimum atomic E-state index is -0.0964. The van der Waals surface area contributed by atoms with Gasteiger partial charge in [-0.25, -0.2) is 0 Å². The van der Waals surface area contributed by atoms with Gasteiger partial charge < -0.3 is 5.11 Å². The van der Waals surface area contributed by atoms with Crippen molar-refractivity contribution in [2.75, 3.05) is 6.61 Å². The average molecular weight is 122 g/mol. The molecule has 0 aromatic rings. The summed E-state index contributed by atoms with van der Waals surface area (Å²) in [5.41, 5.74) is 0. The quantitative estimate of drug-likeness (QED) is 0.510. The number of unbranched alkanes of at least 4 members (excludes halogenated alkanes) is 1. The van der Waals surface area contributed by atoms with Crippen LogP contribution in [-0.2, 0) is 0 Å². The van der Waals surface area contributed by atoms with Crippen molar-refractivity contribution in [2.45, 2.75) is 19.8 Å². The van der Waals surface area contributed by atoms with Crippen molar-refractivity contribution < 1.29 is 5.11 Å². The lowest BCUT2D eigenvalue weighted by Crippen LogP contribution is -1.68. The highest BCUT2D eigenvalue weighted by Crippen LogP contribution is 1.79. The van der Waals surface area contributed by atoms with E-state index in [4.69, 9.17) is 5.11 Å². The Morgan fingerprint density at radius 1 is 1.22 bits per heavy atom. The van der Waals surface area contributed by atoms with E-state index in [2.05, 4.69) is 30.6 Å². The molecule has 0 unspecified atom stereocenters. The van der Waals surface area contributed by atoms with Crippen molar-refractivity contribution in [3.05, 3.63) is 0 Å². The molecule has 9 heavy (non-hydrogen) atoms. The molecule has 0 aliphatic carbocycles. The van der Waals surface area contributed by atoms with Gasteiger partial charge in [0.1, 0.15) is 6.61 Å². The van der Waals surface area contributed by atoms with Crippen LogP contribution in [0, 0.1) is 23.7 Å². The second-order valence-corrected chi connectivity index (χ2v) is 1.51. The third kappa shape index (κ3) is 7.08. The Kier molecular flexibility index (Phi) is 6.36. The predicted molar refractivity (Wildman–Crippen MR) is 37.5 cm³/mol. The van der Waals surface area contributed by atoms with Crippen molar-refractivity contribution in [2.24, 2.45) is 0 Å². The number of aliphatic hydroxyl groups is 1. The van der Waals surface area contributed by atoms with Gasteiger partial charge in [0.15, 0.2) is 0 Å². The molecule has 0 rings (SSSR count). The van der Waals surface area contributed by atoms with Crippen LogP contribution in [0.25, 0.3) is 0 Å². The molecule has 0 radical (unpaired) electrons. The van der Waals surface area contributed by atoms with Gasteiger partial charge in [0.2, 0.25) is 0 Å². The fourth-order valence-electron chi connectivity index (χ4n) is 0.315. The van der Waals surface area contributed by atoms with Crippen LogP contribution in [0.5, 0.6) is 0 Å².